The highest BCUT2D eigenvalue weighted by atomic mass is 32.1. The number of benzene rings is 4. The van der Waals surface area contributed by atoms with E-state index >= 15 is 0 Å². The number of carbonyl (C=O) groups is 1. The van der Waals surface area contributed by atoms with Crippen molar-refractivity contribution in [3.05, 3.63) is 152 Å². The van der Waals surface area contributed by atoms with Crippen LogP contribution < -0.4 is 20.9 Å². The standard InChI is InChI=1S/C43H38F4N8O4S2/c44-34-15-9-28(23-33(34)43(45,46)47)25-59-36-16-10-27(22-32(36)24-48-18-20-56)6-4-5-17-49-39(57)31-13-11-29(12-14-31)35-26-61-42(51-35)55-40(58)38(52-53-41-50-19-21-60-41)37(54-55)30-7-2-1-3-8-30/h1-3,7-16,19,21-23,26,48,54,56H,4-6,17-18,20,24-25H2,(H,49,57). The molecule has 1 amide bonds. The predicted octanol–water partition coefficient (Wildman–Crippen LogP) is 9.40. The van der Waals surface area contributed by atoms with Crippen molar-refractivity contribution in [1.82, 2.24) is 30.4 Å². The Bertz CT molecular complexity index is 2650. The van der Waals surface area contributed by atoms with Crippen molar-refractivity contribution in [2.45, 2.75) is 38.6 Å². The van der Waals surface area contributed by atoms with Crippen LogP contribution in [0.25, 0.3) is 27.6 Å². The molecule has 0 radical (unpaired) electrons. The van der Waals surface area contributed by atoms with E-state index in [1.54, 1.807) is 41.9 Å². The number of nitrogens with one attached hydrogen (secondary N) is 3. The molecule has 0 saturated carbocycles. The molecule has 3 aromatic heterocycles. The second kappa shape index (κ2) is 19.8. The first-order valence-corrected chi connectivity index (χ1v) is 20.8. The van der Waals surface area contributed by atoms with Crippen LogP contribution in [0.3, 0.4) is 0 Å². The van der Waals surface area contributed by atoms with E-state index < -0.39 is 23.1 Å². The van der Waals surface area contributed by atoms with E-state index in [0.29, 0.717) is 65.4 Å². The SMILES string of the molecule is O=C(NCCCCc1ccc(OCc2ccc(F)c(C(F)(F)F)c2)c(CNCCO)c1)c1ccc(-c2csc(-n3[nH]c(-c4ccccc4)c(N=Nc4nccs4)c3=O)n2)cc1. The van der Waals surface area contributed by atoms with Gasteiger partial charge in [-0.2, -0.15) is 17.9 Å². The molecule has 0 aliphatic rings. The number of rotatable bonds is 18. The molecule has 0 aliphatic carbocycles. The number of halogens is 4. The lowest BCUT2D eigenvalue weighted by atomic mass is 10.0. The predicted molar refractivity (Wildman–Crippen MR) is 225 cm³/mol. The van der Waals surface area contributed by atoms with Crippen LogP contribution in [-0.2, 0) is 25.7 Å². The van der Waals surface area contributed by atoms with Gasteiger partial charge in [0.25, 0.3) is 5.91 Å². The van der Waals surface area contributed by atoms with Crippen LogP contribution in [-0.4, -0.2) is 50.5 Å². The van der Waals surface area contributed by atoms with E-state index in [1.165, 1.54) is 33.4 Å². The fraction of sp³-hybridized carbons (Fsp3) is 0.209. The number of azo groups is 1. The number of aromatic amines is 1. The fourth-order valence-corrected chi connectivity index (χ4v) is 7.52. The minimum atomic E-state index is -4.82. The number of hydrogen-bond acceptors (Lipinski definition) is 11. The van der Waals surface area contributed by atoms with E-state index in [2.05, 4.69) is 30.9 Å². The Morgan fingerprint density at radius 1 is 0.918 bits per heavy atom. The van der Waals surface area contributed by atoms with Crippen molar-refractivity contribution in [2.75, 3.05) is 19.7 Å². The number of amides is 1. The summed E-state index contributed by atoms with van der Waals surface area (Å²) in [6.45, 7) is 0.865. The maximum atomic E-state index is 13.8. The largest absolute Gasteiger partial charge is 0.489 e. The fourth-order valence-electron chi connectivity index (χ4n) is 6.28. The molecule has 0 unspecified atom stereocenters. The average molecular weight is 871 g/mol. The number of nitrogens with zero attached hydrogens (tertiary/aromatic N) is 5. The number of aryl methyl sites for hydroxylation is 1. The third-order valence-corrected chi connectivity index (χ3v) is 10.8. The van der Waals surface area contributed by atoms with Gasteiger partial charge in [0.1, 0.15) is 18.2 Å². The van der Waals surface area contributed by atoms with E-state index in [4.69, 9.17) is 9.72 Å². The van der Waals surface area contributed by atoms with Gasteiger partial charge in [0.15, 0.2) is 5.69 Å². The maximum Gasteiger partial charge on any atom is 0.419 e. The Labute approximate surface area is 354 Å². The second-order valence-corrected chi connectivity index (χ2v) is 15.3. The minimum absolute atomic E-state index is 0.0751. The number of unbranched alkanes of at least 4 members (excludes halogenated alkanes) is 1. The minimum Gasteiger partial charge on any atom is -0.489 e. The summed E-state index contributed by atoms with van der Waals surface area (Å²) in [7, 11) is 0. The van der Waals surface area contributed by atoms with Gasteiger partial charge in [0, 0.05) is 58.8 Å². The van der Waals surface area contributed by atoms with Crippen molar-refractivity contribution in [3.8, 4) is 33.4 Å². The van der Waals surface area contributed by atoms with Gasteiger partial charge in [0.05, 0.1) is 23.6 Å². The first-order chi connectivity index (χ1) is 29.6. The number of aliphatic hydroxyl groups excluding tert-OH is 1. The molecular formula is C43H38F4N8O4S2. The summed E-state index contributed by atoms with van der Waals surface area (Å²) in [5.41, 5.74) is 3.41. The first kappa shape index (κ1) is 42.8. The molecule has 7 rings (SSSR count). The zero-order chi connectivity index (χ0) is 42.8. The first-order valence-electron chi connectivity index (χ1n) is 19.1. The van der Waals surface area contributed by atoms with Crippen molar-refractivity contribution in [2.24, 2.45) is 10.2 Å². The van der Waals surface area contributed by atoms with Crippen LogP contribution in [0.2, 0.25) is 0 Å². The Kier molecular flexibility index (Phi) is 13.9. The van der Waals surface area contributed by atoms with Gasteiger partial charge in [-0.25, -0.2) is 14.4 Å². The highest BCUT2D eigenvalue weighted by Crippen LogP contribution is 2.33. The van der Waals surface area contributed by atoms with Crippen molar-refractivity contribution in [3.63, 3.8) is 0 Å². The van der Waals surface area contributed by atoms with Crippen LogP contribution in [0.4, 0.5) is 28.4 Å². The third-order valence-electron chi connectivity index (χ3n) is 9.35. The molecule has 12 nitrogen and oxygen atoms in total. The Morgan fingerprint density at radius 3 is 2.48 bits per heavy atom. The van der Waals surface area contributed by atoms with Gasteiger partial charge in [-0.05, 0) is 60.7 Å². The topological polar surface area (TPSA) is 159 Å². The van der Waals surface area contributed by atoms with Crippen LogP contribution in [0.5, 0.6) is 5.75 Å². The highest BCUT2D eigenvalue weighted by Gasteiger charge is 2.34. The normalized spacial score (nSPS) is 11.7. The number of carbonyl (C=O) groups excluding carboxylic acids is 1. The van der Waals surface area contributed by atoms with E-state index in [9.17, 15) is 32.3 Å². The van der Waals surface area contributed by atoms with Crippen LogP contribution in [0.1, 0.15) is 45.5 Å². The molecule has 18 heteroatoms. The number of hydrogen-bond donors (Lipinski definition) is 4. The van der Waals surface area contributed by atoms with Crippen LogP contribution >= 0.6 is 22.7 Å². The summed E-state index contributed by atoms with van der Waals surface area (Å²) in [6.07, 6.45) is -1.05. The molecule has 7 aromatic rings. The summed E-state index contributed by atoms with van der Waals surface area (Å²) in [5.74, 6) is -1.12. The number of aliphatic hydroxyl groups is 1. The summed E-state index contributed by atoms with van der Waals surface area (Å²) in [5, 5.41) is 31.3. The van der Waals surface area contributed by atoms with Crippen LogP contribution in [0, 0.1) is 5.82 Å². The molecule has 61 heavy (non-hydrogen) atoms. The number of H-pyrrole nitrogens is 1. The smallest absolute Gasteiger partial charge is 0.419 e. The molecule has 0 bridgehead atoms. The molecular weight excluding hydrogens is 833 g/mol. The monoisotopic (exact) mass is 870 g/mol. The summed E-state index contributed by atoms with van der Waals surface area (Å²) < 4.78 is 60.5. The van der Waals surface area contributed by atoms with Gasteiger partial charge in [-0.15, -0.1) is 32.9 Å². The molecule has 0 saturated heterocycles. The Hall–Kier alpha value is -6.34. The van der Waals surface area contributed by atoms with Gasteiger partial charge in [0.2, 0.25) is 10.3 Å². The molecule has 3 heterocycles. The van der Waals surface area contributed by atoms with Crippen molar-refractivity contribution < 1.29 is 32.2 Å². The summed E-state index contributed by atoms with van der Waals surface area (Å²) in [6, 6.07) is 24.7. The molecule has 314 valence electrons. The van der Waals surface area contributed by atoms with Gasteiger partial charge < -0.3 is 20.5 Å². The molecule has 0 spiro atoms. The quantitative estimate of drug-likeness (QED) is 0.0380. The number of aromatic nitrogens is 4. The Morgan fingerprint density at radius 2 is 1.72 bits per heavy atom. The molecule has 4 N–H and O–H groups in total. The summed E-state index contributed by atoms with van der Waals surface area (Å²) >= 11 is 2.58. The number of ether oxygens (including phenoxy) is 1. The number of thiazole rings is 2. The van der Waals surface area contributed by atoms with E-state index in [0.717, 1.165) is 40.8 Å². The van der Waals surface area contributed by atoms with Crippen molar-refractivity contribution in [1.29, 1.82) is 0 Å². The van der Waals surface area contributed by atoms with E-state index in [1.807, 2.05) is 47.8 Å². The third kappa shape index (κ3) is 10.9. The van der Waals surface area contributed by atoms with Crippen molar-refractivity contribution >= 4 is 39.4 Å². The molecule has 0 fully saturated rings. The van der Waals surface area contributed by atoms with Gasteiger partial charge in [-0.3, -0.25) is 14.7 Å². The maximum absolute atomic E-state index is 13.8. The lowest BCUT2D eigenvalue weighted by molar-refractivity contribution is -0.140. The zero-order valence-corrected chi connectivity index (χ0v) is 33.9. The van der Waals surface area contributed by atoms with E-state index in [-0.39, 0.29) is 30.4 Å². The second-order valence-electron chi connectivity index (χ2n) is 13.6. The number of alkyl halides is 3. The lowest BCUT2D eigenvalue weighted by Gasteiger charge is -2.15. The Balaban J connectivity index is 0.928. The zero-order valence-electron chi connectivity index (χ0n) is 32.3. The molecule has 0 aliphatic heterocycles. The van der Waals surface area contributed by atoms with Crippen LogP contribution in [0.15, 0.2) is 123 Å². The van der Waals surface area contributed by atoms with Gasteiger partial charge >= 0.3 is 11.7 Å². The lowest BCUT2D eigenvalue weighted by Crippen LogP contribution is -2.24. The van der Waals surface area contributed by atoms with Gasteiger partial charge in [-0.1, -0.05) is 60.7 Å². The highest BCUT2D eigenvalue weighted by molar-refractivity contribution is 7.13. The summed E-state index contributed by atoms with van der Waals surface area (Å²) in [4.78, 5) is 35.4. The molecule has 0 atom stereocenters. The average Bonchev–Trinajstić information content (AvgIpc) is 4.04. The molecule has 4 aromatic carbocycles.